The van der Waals surface area contributed by atoms with Gasteiger partial charge in [-0.1, -0.05) is 30.3 Å². The lowest BCUT2D eigenvalue weighted by molar-refractivity contribution is 0.414. The third kappa shape index (κ3) is 5.61. The maximum Gasteiger partial charge on any atom is 0.191 e. The number of hydrogen-bond donors (Lipinski definition) is 2. The molecule has 3 rings (SSSR count). The van der Waals surface area contributed by atoms with E-state index in [2.05, 4.69) is 33.8 Å². The quantitative estimate of drug-likeness (QED) is 0.467. The van der Waals surface area contributed by atoms with Gasteiger partial charge in [0, 0.05) is 19.3 Å². The molecule has 2 aromatic carbocycles. The van der Waals surface area contributed by atoms with E-state index in [4.69, 9.17) is 4.74 Å². The van der Waals surface area contributed by atoms with Crippen molar-refractivity contribution < 1.29 is 4.74 Å². The number of ether oxygens (including phenoxy) is 1. The van der Waals surface area contributed by atoms with Crippen LogP contribution in [0.5, 0.6) is 5.75 Å². The minimum atomic E-state index is 0.616. The van der Waals surface area contributed by atoms with Crippen LogP contribution in [0.1, 0.15) is 18.1 Å². The average molecular weight is 377 g/mol. The van der Waals surface area contributed by atoms with E-state index in [0.717, 1.165) is 42.5 Å². The molecule has 0 spiro atoms. The van der Waals surface area contributed by atoms with Crippen molar-refractivity contribution in [1.29, 1.82) is 0 Å². The average Bonchev–Trinajstić information content (AvgIpc) is 3.22. The summed E-state index contributed by atoms with van der Waals surface area (Å²) in [5, 5.41) is 11.1. The molecule has 6 nitrogen and oxygen atoms in total. The minimum Gasteiger partial charge on any atom is -0.497 e. The molecule has 0 fully saturated rings. The van der Waals surface area contributed by atoms with Gasteiger partial charge in [0.15, 0.2) is 5.96 Å². The highest BCUT2D eigenvalue weighted by Gasteiger charge is 2.02. The molecule has 0 atom stereocenters. The number of hydrogen-bond acceptors (Lipinski definition) is 3. The lowest BCUT2D eigenvalue weighted by Gasteiger charge is -2.11. The maximum absolute atomic E-state index is 5.19. The van der Waals surface area contributed by atoms with Crippen molar-refractivity contribution in [1.82, 2.24) is 20.4 Å². The fourth-order valence-corrected chi connectivity index (χ4v) is 2.78. The predicted molar refractivity (Wildman–Crippen MR) is 113 cm³/mol. The van der Waals surface area contributed by atoms with Crippen molar-refractivity contribution in [2.45, 2.75) is 19.9 Å². The first-order valence-electron chi connectivity index (χ1n) is 9.52. The molecule has 146 valence electrons. The molecule has 6 heteroatoms. The molecule has 0 saturated heterocycles. The second-order valence-corrected chi connectivity index (χ2v) is 6.35. The zero-order valence-electron chi connectivity index (χ0n) is 16.4. The number of methoxy groups -OCH3 is 1. The van der Waals surface area contributed by atoms with Crippen molar-refractivity contribution in [3.63, 3.8) is 0 Å². The van der Waals surface area contributed by atoms with Gasteiger partial charge in [0.1, 0.15) is 5.75 Å². The summed E-state index contributed by atoms with van der Waals surface area (Å²) >= 11 is 0. The molecule has 1 aromatic heterocycles. The first-order valence-corrected chi connectivity index (χ1v) is 9.52. The Labute approximate surface area is 166 Å². The molecule has 2 N–H and O–H groups in total. The van der Waals surface area contributed by atoms with Gasteiger partial charge in [0.25, 0.3) is 0 Å². The highest BCUT2D eigenvalue weighted by atomic mass is 16.5. The molecule has 0 aliphatic heterocycles. The second kappa shape index (κ2) is 10.2. The smallest absolute Gasteiger partial charge is 0.191 e. The number of nitrogens with one attached hydrogen (secondary N) is 2. The van der Waals surface area contributed by atoms with E-state index in [0.29, 0.717) is 6.54 Å². The monoisotopic (exact) mass is 377 g/mol. The van der Waals surface area contributed by atoms with Crippen molar-refractivity contribution in [3.05, 3.63) is 78.1 Å². The summed E-state index contributed by atoms with van der Waals surface area (Å²) in [6.45, 7) is 4.29. The summed E-state index contributed by atoms with van der Waals surface area (Å²) in [6.07, 6.45) is 4.86. The Bertz CT molecular complexity index is 871. The molecule has 28 heavy (non-hydrogen) atoms. The molecule has 1 heterocycles. The first-order chi connectivity index (χ1) is 13.8. The minimum absolute atomic E-state index is 0.616. The highest BCUT2D eigenvalue weighted by Crippen LogP contribution is 2.12. The van der Waals surface area contributed by atoms with Gasteiger partial charge >= 0.3 is 0 Å². The Balaban J connectivity index is 1.52. The number of aromatic nitrogens is 2. The third-order valence-electron chi connectivity index (χ3n) is 4.29. The van der Waals surface area contributed by atoms with Crippen LogP contribution >= 0.6 is 0 Å². The SMILES string of the molecule is CCNC(=NCc1ccc(OC)cc1)NCCc1cnn(-c2ccccc2)c1. The summed E-state index contributed by atoms with van der Waals surface area (Å²) in [5.41, 5.74) is 3.39. The van der Waals surface area contributed by atoms with Crippen LogP contribution in [-0.4, -0.2) is 35.9 Å². The van der Waals surface area contributed by atoms with Crippen LogP contribution in [0.4, 0.5) is 0 Å². The zero-order chi connectivity index (χ0) is 19.6. The van der Waals surface area contributed by atoms with Crippen LogP contribution in [0, 0.1) is 0 Å². The van der Waals surface area contributed by atoms with Gasteiger partial charge in [-0.2, -0.15) is 5.10 Å². The van der Waals surface area contributed by atoms with E-state index >= 15 is 0 Å². The van der Waals surface area contributed by atoms with E-state index in [9.17, 15) is 0 Å². The highest BCUT2D eigenvalue weighted by molar-refractivity contribution is 5.79. The molecule has 0 radical (unpaired) electrons. The maximum atomic E-state index is 5.19. The van der Waals surface area contributed by atoms with Crippen molar-refractivity contribution in [2.75, 3.05) is 20.2 Å². The molecule has 0 amide bonds. The van der Waals surface area contributed by atoms with Crippen molar-refractivity contribution in [2.24, 2.45) is 4.99 Å². The standard InChI is InChI=1S/C22H27N5O/c1-3-23-22(25-15-18-9-11-21(28-2)12-10-18)24-14-13-19-16-26-27(17-19)20-7-5-4-6-8-20/h4-12,16-17H,3,13-15H2,1-2H3,(H2,23,24,25). The van der Waals surface area contributed by atoms with Crippen LogP contribution in [0.2, 0.25) is 0 Å². The van der Waals surface area contributed by atoms with Gasteiger partial charge in [-0.15, -0.1) is 0 Å². The number of benzene rings is 2. The Kier molecular flexibility index (Phi) is 7.07. The molecule has 0 bridgehead atoms. The van der Waals surface area contributed by atoms with Gasteiger partial charge in [-0.3, -0.25) is 0 Å². The molecular weight excluding hydrogens is 350 g/mol. The summed E-state index contributed by atoms with van der Waals surface area (Å²) in [6, 6.07) is 18.1. The molecule has 0 aliphatic rings. The number of nitrogens with zero attached hydrogens (tertiary/aromatic N) is 3. The number of rotatable bonds is 8. The lowest BCUT2D eigenvalue weighted by atomic mass is 10.2. The van der Waals surface area contributed by atoms with E-state index in [1.54, 1.807) is 7.11 Å². The van der Waals surface area contributed by atoms with E-state index in [1.807, 2.05) is 65.5 Å². The Morgan fingerprint density at radius 1 is 1.04 bits per heavy atom. The van der Waals surface area contributed by atoms with Crippen LogP contribution in [0.15, 0.2) is 72.0 Å². The van der Waals surface area contributed by atoms with Gasteiger partial charge in [0.05, 0.1) is 25.5 Å². The summed E-state index contributed by atoms with van der Waals surface area (Å²) in [4.78, 5) is 4.66. The molecule has 3 aromatic rings. The van der Waals surface area contributed by atoms with Crippen LogP contribution in [-0.2, 0) is 13.0 Å². The van der Waals surface area contributed by atoms with E-state index in [1.165, 1.54) is 5.56 Å². The fourth-order valence-electron chi connectivity index (χ4n) is 2.78. The summed E-state index contributed by atoms with van der Waals surface area (Å²) in [7, 11) is 1.67. The predicted octanol–water partition coefficient (Wildman–Crippen LogP) is 3.18. The fraction of sp³-hybridized carbons (Fsp3) is 0.273. The zero-order valence-corrected chi connectivity index (χ0v) is 16.4. The van der Waals surface area contributed by atoms with Gasteiger partial charge < -0.3 is 15.4 Å². The summed E-state index contributed by atoms with van der Waals surface area (Å²) < 4.78 is 7.09. The molecule has 0 aliphatic carbocycles. The number of aliphatic imine (C=N–C) groups is 1. The molecule has 0 unspecified atom stereocenters. The summed E-state index contributed by atoms with van der Waals surface area (Å²) in [5.74, 6) is 1.67. The Morgan fingerprint density at radius 3 is 2.54 bits per heavy atom. The number of para-hydroxylation sites is 1. The second-order valence-electron chi connectivity index (χ2n) is 6.35. The van der Waals surface area contributed by atoms with Crippen LogP contribution in [0.3, 0.4) is 0 Å². The van der Waals surface area contributed by atoms with Crippen LogP contribution < -0.4 is 15.4 Å². The largest absolute Gasteiger partial charge is 0.497 e. The van der Waals surface area contributed by atoms with Crippen molar-refractivity contribution >= 4 is 5.96 Å². The van der Waals surface area contributed by atoms with Gasteiger partial charge in [0.2, 0.25) is 0 Å². The Hall–Kier alpha value is -3.28. The van der Waals surface area contributed by atoms with Crippen LogP contribution in [0.25, 0.3) is 5.69 Å². The molecular formula is C22H27N5O. The Morgan fingerprint density at radius 2 is 1.82 bits per heavy atom. The topological polar surface area (TPSA) is 63.5 Å². The van der Waals surface area contributed by atoms with E-state index in [-0.39, 0.29) is 0 Å². The molecule has 0 saturated carbocycles. The van der Waals surface area contributed by atoms with Crippen molar-refractivity contribution in [3.8, 4) is 11.4 Å². The third-order valence-corrected chi connectivity index (χ3v) is 4.29. The normalized spacial score (nSPS) is 11.3. The van der Waals surface area contributed by atoms with Gasteiger partial charge in [-0.25, -0.2) is 9.67 Å². The number of guanidine groups is 1. The first kappa shape index (κ1) is 19.5. The lowest BCUT2D eigenvalue weighted by Crippen LogP contribution is -2.38. The van der Waals surface area contributed by atoms with Gasteiger partial charge in [-0.05, 0) is 48.7 Å². The van der Waals surface area contributed by atoms with E-state index < -0.39 is 0 Å².